The number of aromatic hydroxyl groups is 1. The minimum Gasteiger partial charge on any atom is -0.508 e. The van der Waals surface area contributed by atoms with E-state index in [0.29, 0.717) is 11.3 Å². The standard InChI is InChI=1S/C18H19N3O2/c1-13(2-3-14-6-10-17(22)11-7-14)20-18(23)21-16-8-4-15(12-19)5-9-16/h4-11,13,22H,2-3H2,1H3,(H2,20,21,23). The van der Waals surface area contributed by atoms with Crippen molar-refractivity contribution in [1.82, 2.24) is 5.32 Å². The number of amides is 2. The van der Waals surface area contributed by atoms with Crippen molar-refractivity contribution in [2.24, 2.45) is 0 Å². The number of hydrogen-bond donors (Lipinski definition) is 3. The van der Waals surface area contributed by atoms with E-state index in [9.17, 15) is 9.90 Å². The van der Waals surface area contributed by atoms with E-state index in [1.165, 1.54) is 0 Å². The molecule has 0 aliphatic heterocycles. The molecule has 2 aromatic carbocycles. The Morgan fingerprint density at radius 2 is 1.83 bits per heavy atom. The maximum Gasteiger partial charge on any atom is 0.319 e. The summed E-state index contributed by atoms with van der Waals surface area (Å²) in [7, 11) is 0. The second kappa shape index (κ2) is 7.85. The van der Waals surface area contributed by atoms with Crippen molar-refractivity contribution in [2.45, 2.75) is 25.8 Å². The summed E-state index contributed by atoms with van der Waals surface area (Å²) in [4.78, 5) is 11.9. The Hall–Kier alpha value is -3.00. The SMILES string of the molecule is CC(CCc1ccc(O)cc1)NC(=O)Nc1ccc(C#N)cc1. The van der Waals surface area contributed by atoms with Crippen LogP contribution in [0.2, 0.25) is 0 Å². The van der Waals surface area contributed by atoms with Crippen LogP contribution in [0, 0.1) is 11.3 Å². The van der Waals surface area contributed by atoms with Crippen LogP contribution in [0.1, 0.15) is 24.5 Å². The second-order valence-corrected chi connectivity index (χ2v) is 5.39. The van der Waals surface area contributed by atoms with Crippen molar-refractivity contribution in [3.63, 3.8) is 0 Å². The fourth-order valence-corrected chi connectivity index (χ4v) is 2.14. The molecule has 118 valence electrons. The van der Waals surface area contributed by atoms with Crippen LogP contribution in [0.25, 0.3) is 0 Å². The summed E-state index contributed by atoms with van der Waals surface area (Å²) in [6.45, 7) is 1.94. The van der Waals surface area contributed by atoms with Crippen LogP contribution in [-0.4, -0.2) is 17.2 Å². The zero-order valence-corrected chi connectivity index (χ0v) is 12.9. The number of urea groups is 1. The summed E-state index contributed by atoms with van der Waals surface area (Å²) in [5, 5.41) is 23.6. The molecule has 1 unspecified atom stereocenters. The highest BCUT2D eigenvalue weighted by atomic mass is 16.3. The lowest BCUT2D eigenvalue weighted by Crippen LogP contribution is -2.36. The van der Waals surface area contributed by atoms with Gasteiger partial charge in [0.15, 0.2) is 0 Å². The number of phenolic OH excluding ortho intramolecular Hbond substituents is 1. The van der Waals surface area contributed by atoms with Crippen molar-refractivity contribution in [2.75, 3.05) is 5.32 Å². The summed E-state index contributed by atoms with van der Waals surface area (Å²) in [5.41, 5.74) is 2.31. The van der Waals surface area contributed by atoms with Crippen molar-refractivity contribution >= 4 is 11.7 Å². The molecule has 0 radical (unpaired) electrons. The van der Waals surface area contributed by atoms with Gasteiger partial charge in [0.25, 0.3) is 0 Å². The number of anilines is 1. The fraction of sp³-hybridized carbons (Fsp3) is 0.222. The van der Waals surface area contributed by atoms with E-state index in [1.54, 1.807) is 36.4 Å². The molecule has 2 aromatic rings. The molecule has 23 heavy (non-hydrogen) atoms. The first-order chi connectivity index (χ1) is 11.1. The van der Waals surface area contributed by atoms with Crippen LogP contribution in [-0.2, 0) is 6.42 Å². The number of benzene rings is 2. The van der Waals surface area contributed by atoms with Crippen LogP contribution < -0.4 is 10.6 Å². The number of aryl methyl sites for hydroxylation is 1. The highest BCUT2D eigenvalue weighted by Gasteiger charge is 2.08. The molecule has 0 aliphatic carbocycles. The maximum atomic E-state index is 11.9. The molecule has 2 rings (SSSR count). The van der Waals surface area contributed by atoms with Gasteiger partial charge in [-0.1, -0.05) is 12.1 Å². The number of carbonyl (C=O) groups excluding carboxylic acids is 1. The number of hydrogen-bond acceptors (Lipinski definition) is 3. The molecule has 5 nitrogen and oxygen atoms in total. The number of nitriles is 1. The molecule has 3 N–H and O–H groups in total. The van der Waals surface area contributed by atoms with Crippen LogP contribution in [0.4, 0.5) is 10.5 Å². The van der Waals surface area contributed by atoms with E-state index >= 15 is 0 Å². The normalized spacial score (nSPS) is 11.3. The molecule has 0 saturated carbocycles. The number of carbonyl (C=O) groups is 1. The average Bonchev–Trinajstić information content (AvgIpc) is 2.55. The van der Waals surface area contributed by atoms with Crippen molar-refractivity contribution < 1.29 is 9.90 Å². The largest absolute Gasteiger partial charge is 0.508 e. The van der Waals surface area contributed by atoms with Gasteiger partial charge in [-0.15, -0.1) is 0 Å². The highest BCUT2D eigenvalue weighted by molar-refractivity contribution is 5.89. The van der Waals surface area contributed by atoms with Gasteiger partial charge in [-0.25, -0.2) is 4.79 Å². The van der Waals surface area contributed by atoms with Crippen LogP contribution >= 0.6 is 0 Å². The summed E-state index contributed by atoms with van der Waals surface area (Å²) in [6.07, 6.45) is 1.62. The molecule has 0 saturated heterocycles. The molecule has 0 heterocycles. The number of nitrogens with zero attached hydrogens (tertiary/aromatic N) is 1. The lowest BCUT2D eigenvalue weighted by atomic mass is 10.1. The third kappa shape index (κ3) is 5.36. The van der Waals surface area contributed by atoms with Crippen LogP contribution in [0.15, 0.2) is 48.5 Å². The van der Waals surface area contributed by atoms with E-state index in [1.807, 2.05) is 25.1 Å². The molecule has 2 amide bonds. The Bertz CT molecular complexity index is 688. The topological polar surface area (TPSA) is 85.2 Å². The average molecular weight is 309 g/mol. The molecule has 0 spiro atoms. The minimum atomic E-state index is -0.270. The van der Waals surface area contributed by atoms with Gasteiger partial charge in [-0.3, -0.25) is 0 Å². The van der Waals surface area contributed by atoms with Gasteiger partial charge in [-0.05, 0) is 61.7 Å². The van der Waals surface area contributed by atoms with E-state index in [4.69, 9.17) is 5.26 Å². The molecule has 5 heteroatoms. The first-order valence-corrected chi connectivity index (χ1v) is 7.42. The van der Waals surface area contributed by atoms with Gasteiger partial charge in [-0.2, -0.15) is 5.26 Å². The number of nitrogens with one attached hydrogen (secondary N) is 2. The van der Waals surface area contributed by atoms with Crippen molar-refractivity contribution in [1.29, 1.82) is 5.26 Å². The number of phenols is 1. The third-order valence-electron chi connectivity index (χ3n) is 3.45. The zero-order valence-electron chi connectivity index (χ0n) is 12.9. The lowest BCUT2D eigenvalue weighted by molar-refractivity contribution is 0.248. The van der Waals surface area contributed by atoms with Gasteiger partial charge < -0.3 is 15.7 Å². The molecule has 0 bridgehead atoms. The molecule has 0 fully saturated rings. The summed E-state index contributed by atoms with van der Waals surface area (Å²) < 4.78 is 0. The first kappa shape index (κ1) is 16.4. The molecular weight excluding hydrogens is 290 g/mol. The van der Waals surface area contributed by atoms with E-state index in [2.05, 4.69) is 10.6 Å². The molecule has 1 atom stereocenters. The van der Waals surface area contributed by atoms with Gasteiger partial charge in [0, 0.05) is 11.7 Å². The van der Waals surface area contributed by atoms with E-state index in [0.717, 1.165) is 18.4 Å². The highest BCUT2D eigenvalue weighted by Crippen LogP contribution is 2.12. The van der Waals surface area contributed by atoms with Crippen LogP contribution in [0.5, 0.6) is 5.75 Å². The van der Waals surface area contributed by atoms with Gasteiger partial charge in [0.2, 0.25) is 0 Å². The smallest absolute Gasteiger partial charge is 0.319 e. The predicted molar refractivity (Wildman–Crippen MR) is 89.2 cm³/mol. The Kier molecular flexibility index (Phi) is 5.59. The Balaban J connectivity index is 1.77. The fourth-order valence-electron chi connectivity index (χ4n) is 2.14. The predicted octanol–water partition coefficient (Wildman–Crippen LogP) is 3.41. The lowest BCUT2D eigenvalue weighted by Gasteiger charge is -2.14. The molecule has 0 aromatic heterocycles. The summed E-state index contributed by atoms with van der Waals surface area (Å²) in [5.74, 6) is 0.252. The minimum absolute atomic E-state index is 0.0159. The molecule has 0 aliphatic rings. The Morgan fingerprint density at radius 1 is 1.17 bits per heavy atom. The van der Waals surface area contributed by atoms with E-state index in [-0.39, 0.29) is 17.8 Å². The Labute approximate surface area is 135 Å². The van der Waals surface area contributed by atoms with Crippen molar-refractivity contribution in [3.8, 4) is 11.8 Å². The quantitative estimate of drug-likeness (QED) is 0.791. The monoisotopic (exact) mass is 309 g/mol. The summed E-state index contributed by atoms with van der Waals surface area (Å²) in [6, 6.07) is 15.5. The van der Waals surface area contributed by atoms with Gasteiger partial charge in [0.1, 0.15) is 5.75 Å². The summed E-state index contributed by atoms with van der Waals surface area (Å²) >= 11 is 0. The van der Waals surface area contributed by atoms with Gasteiger partial charge in [0.05, 0.1) is 11.6 Å². The number of rotatable bonds is 5. The molecular formula is C18H19N3O2. The van der Waals surface area contributed by atoms with Crippen molar-refractivity contribution in [3.05, 3.63) is 59.7 Å². The Morgan fingerprint density at radius 3 is 2.43 bits per heavy atom. The van der Waals surface area contributed by atoms with Crippen LogP contribution in [0.3, 0.4) is 0 Å². The van der Waals surface area contributed by atoms with Gasteiger partial charge >= 0.3 is 6.03 Å². The van der Waals surface area contributed by atoms with E-state index < -0.39 is 0 Å². The second-order valence-electron chi connectivity index (χ2n) is 5.39. The maximum absolute atomic E-state index is 11.9. The first-order valence-electron chi connectivity index (χ1n) is 7.42. The third-order valence-corrected chi connectivity index (χ3v) is 3.45. The zero-order chi connectivity index (χ0) is 16.7.